The summed E-state index contributed by atoms with van der Waals surface area (Å²) in [7, 11) is 0. The zero-order chi connectivity index (χ0) is 18.5. The van der Waals surface area contributed by atoms with Crippen LogP contribution in [0.5, 0.6) is 0 Å². The van der Waals surface area contributed by atoms with Crippen molar-refractivity contribution in [3.05, 3.63) is 68.7 Å². The van der Waals surface area contributed by atoms with E-state index in [1.54, 1.807) is 0 Å². The van der Waals surface area contributed by atoms with Gasteiger partial charge in [0.15, 0.2) is 0 Å². The van der Waals surface area contributed by atoms with Gasteiger partial charge in [-0.1, -0.05) is 23.7 Å². The summed E-state index contributed by atoms with van der Waals surface area (Å²) in [5.74, 6) is -0.387. The van der Waals surface area contributed by atoms with Crippen molar-refractivity contribution in [3.63, 3.8) is 0 Å². The lowest BCUT2D eigenvalue weighted by Crippen LogP contribution is -2.36. The summed E-state index contributed by atoms with van der Waals surface area (Å²) in [6.07, 6.45) is 0. The van der Waals surface area contributed by atoms with Gasteiger partial charge < -0.3 is 15.0 Å². The monoisotopic (exact) mass is 375 g/mol. The van der Waals surface area contributed by atoms with E-state index in [9.17, 15) is 14.9 Å². The molecule has 0 unspecified atom stereocenters. The second-order valence-corrected chi connectivity index (χ2v) is 6.28. The Balaban J connectivity index is 1.61. The van der Waals surface area contributed by atoms with E-state index < -0.39 is 4.92 Å². The molecule has 0 bridgehead atoms. The Bertz CT molecular complexity index is 805. The molecule has 0 aromatic heterocycles. The molecule has 1 aliphatic rings. The maximum Gasteiger partial charge on any atom is 0.288 e. The lowest BCUT2D eigenvalue weighted by atomic mass is 10.1. The smallest absolute Gasteiger partial charge is 0.288 e. The molecule has 0 radical (unpaired) electrons. The predicted molar refractivity (Wildman–Crippen MR) is 98.8 cm³/mol. The predicted octanol–water partition coefficient (Wildman–Crippen LogP) is 3.01. The molecule has 1 saturated heterocycles. The fourth-order valence-electron chi connectivity index (χ4n) is 2.72. The number of nitrogens with one attached hydrogen (secondary N) is 1. The number of rotatable bonds is 5. The van der Waals surface area contributed by atoms with E-state index in [-0.39, 0.29) is 22.2 Å². The summed E-state index contributed by atoms with van der Waals surface area (Å²) >= 11 is 5.76. The largest absolute Gasteiger partial charge is 0.378 e. The standard InChI is InChI=1S/C18H18ClN3O4/c19-16-6-3-14(11-17(16)22(24)25)18(23)20-12-13-1-4-15(5-2-13)21-7-9-26-10-8-21/h1-6,11H,7-10,12H2,(H,20,23). The molecule has 1 aliphatic heterocycles. The molecule has 0 saturated carbocycles. The summed E-state index contributed by atoms with van der Waals surface area (Å²) in [5.41, 5.74) is 1.98. The second-order valence-electron chi connectivity index (χ2n) is 5.87. The lowest BCUT2D eigenvalue weighted by molar-refractivity contribution is -0.384. The van der Waals surface area contributed by atoms with Crippen LogP contribution in [0.15, 0.2) is 42.5 Å². The molecule has 0 spiro atoms. The Morgan fingerprint density at radius 2 is 1.88 bits per heavy atom. The van der Waals surface area contributed by atoms with E-state index in [1.807, 2.05) is 24.3 Å². The maximum atomic E-state index is 12.2. The number of hydrogen-bond acceptors (Lipinski definition) is 5. The Morgan fingerprint density at radius 1 is 1.19 bits per heavy atom. The molecular formula is C18H18ClN3O4. The van der Waals surface area contributed by atoms with Crippen molar-refractivity contribution < 1.29 is 14.5 Å². The van der Waals surface area contributed by atoms with Crippen LogP contribution in [-0.4, -0.2) is 37.1 Å². The van der Waals surface area contributed by atoms with Crippen LogP contribution in [0.25, 0.3) is 0 Å². The van der Waals surface area contributed by atoms with Gasteiger partial charge in [-0.2, -0.15) is 0 Å². The van der Waals surface area contributed by atoms with E-state index in [0.29, 0.717) is 6.54 Å². The first-order chi connectivity index (χ1) is 12.5. The van der Waals surface area contributed by atoms with Crippen LogP contribution in [0.4, 0.5) is 11.4 Å². The number of ether oxygens (including phenoxy) is 1. The van der Waals surface area contributed by atoms with E-state index >= 15 is 0 Å². The molecule has 1 heterocycles. The van der Waals surface area contributed by atoms with Crippen molar-refractivity contribution in [2.24, 2.45) is 0 Å². The lowest BCUT2D eigenvalue weighted by Gasteiger charge is -2.28. The summed E-state index contributed by atoms with van der Waals surface area (Å²) in [4.78, 5) is 24.8. The van der Waals surface area contributed by atoms with Crippen molar-refractivity contribution in [2.75, 3.05) is 31.2 Å². The van der Waals surface area contributed by atoms with Gasteiger partial charge in [0.2, 0.25) is 0 Å². The SMILES string of the molecule is O=C(NCc1ccc(N2CCOCC2)cc1)c1ccc(Cl)c([N+](=O)[O-])c1. The summed E-state index contributed by atoms with van der Waals surface area (Å²) < 4.78 is 5.34. The van der Waals surface area contributed by atoms with Crippen molar-refractivity contribution in [1.29, 1.82) is 0 Å². The summed E-state index contributed by atoms with van der Waals surface area (Å²) in [5, 5.41) is 13.7. The minimum Gasteiger partial charge on any atom is -0.378 e. The Kier molecular flexibility index (Phi) is 5.70. The minimum atomic E-state index is -0.608. The fraction of sp³-hybridized carbons (Fsp3) is 0.278. The highest BCUT2D eigenvalue weighted by Crippen LogP contribution is 2.25. The van der Waals surface area contributed by atoms with Gasteiger partial charge in [-0.15, -0.1) is 0 Å². The zero-order valence-electron chi connectivity index (χ0n) is 14.0. The number of halogens is 1. The van der Waals surface area contributed by atoms with Crippen molar-refractivity contribution in [3.8, 4) is 0 Å². The van der Waals surface area contributed by atoms with E-state index in [4.69, 9.17) is 16.3 Å². The summed E-state index contributed by atoms with van der Waals surface area (Å²) in [6, 6.07) is 11.9. The molecule has 8 heteroatoms. The molecule has 1 N–H and O–H groups in total. The van der Waals surface area contributed by atoms with Crippen molar-refractivity contribution in [2.45, 2.75) is 6.54 Å². The number of hydrogen-bond donors (Lipinski definition) is 1. The first kappa shape index (κ1) is 18.2. The third-order valence-electron chi connectivity index (χ3n) is 4.17. The molecule has 2 aromatic rings. The molecule has 26 heavy (non-hydrogen) atoms. The molecule has 0 atom stereocenters. The number of nitro benzene ring substituents is 1. The van der Waals surface area contributed by atoms with Crippen LogP contribution < -0.4 is 10.2 Å². The average molecular weight is 376 g/mol. The van der Waals surface area contributed by atoms with Crippen LogP contribution in [-0.2, 0) is 11.3 Å². The highest BCUT2D eigenvalue weighted by molar-refractivity contribution is 6.32. The number of amides is 1. The maximum absolute atomic E-state index is 12.2. The number of benzene rings is 2. The fourth-order valence-corrected chi connectivity index (χ4v) is 2.91. The molecule has 136 valence electrons. The van der Waals surface area contributed by atoms with E-state index in [1.165, 1.54) is 18.2 Å². The highest BCUT2D eigenvalue weighted by atomic mass is 35.5. The normalized spacial score (nSPS) is 14.1. The van der Waals surface area contributed by atoms with Crippen LogP contribution in [0.2, 0.25) is 5.02 Å². The van der Waals surface area contributed by atoms with Crippen molar-refractivity contribution >= 4 is 28.9 Å². The van der Waals surface area contributed by atoms with Gasteiger partial charge in [0.25, 0.3) is 11.6 Å². The van der Waals surface area contributed by atoms with Gasteiger partial charge in [0, 0.05) is 37.0 Å². The molecule has 2 aromatic carbocycles. The zero-order valence-corrected chi connectivity index (χ0v) is 14.7. The number of nitrogens with zero attached hydrogens (tertiary/aromatic N) is 2. The number of morpholine rings is 1. The van der Waals surface area contributed by atoms with Crippen molar-refractivity contribution in [1.82, 2.24) is 5.32 Å². The Hall–Kier alpha value is -2.64. The second kappa shape index (κ2) is 8.16. The molecule has 1 amide bonds. The van der Waals surface area contributed by atoms with E-state index in [2.05, 4.69) is 10.2 Å². The average Bonchev–Trinajstić information content (AvgIpc) is 2.67. The van der Waals surface area contributed by atoms with Crippen LogP contribution in [0.1, 0.15) is 15.9 Å². The minimum absolute atomic E-state index is 0.00486. The van der Waals surface area contributed by atoms with Crippen LogP contribution in [0, 0.1) is 10.1 Å². The number of anilines is 1. The first-order valence-electron chi connectivity index (χ1n) is 8.18. The van der Waals surface area contributed by atoms with Crippen LogP contribution in [0.3, 0.4) is 0 Å². The third kappa shape index (κ3) is 4.30. The van der Waals surface area contributed by atoms with Gasteiger partial charge in [0.05, 0.1) is 18.1 Å². The molecular weight excluding hydrogens is 358 g/mol. The van der Waals surface area contributed by atoms with Gasteiger partial charge in [0.1, 0.15) is 5.02 Å². The van der Waals surface area contributed by atoms with Gasteiger partial charge in [-0.3, -0.25) is 14.9 Å². The van der Waals surface area contributed by atoms with Crippen LogP contribution >= 0.6 is 11.6 Å². The van der Waals surface area contributed by atoms with Gasteiger partial charge >= 0.3 is 0 Å². The Labute approximate surface area is 155 Å². The molecule has 7 nitrogen and oxygen atoms in total. The topological polar surface area (TPSA) is 84.7 Å². The molecule has 0 aliphatic carbocycles. The summed E-state index contributed by atoms with van der Waals surface area (Å²) in [6.45, 7) is 3.52. The molecule has 1 fully saturated rings. The Morgan fingerprint density at radius 3 is 2.54 bits per heavy atom. The molecule has 3 rings (SSSR count). The highest BCUT2D eigenvalue weighted by Gasteiger charge is 2.16. The van der Waals surface area contributed by atoms with E-state index in [0.717, 1.165) is 37.6 Å². The van der Waals surface area contributed by atoms with Gasteiger partial charge in [-0.25, -0.2) is 0 Å². The first-order valence-corrected chi connectivity index (χ1v) is 8.56. The van der Waals surface area contributed by atoms with Gasteiger partial charge in [-0.05, 0) is 29.8 Å². The number of nitro groups is 1. The number of carbonyl (C=O) groups is 1. The number of carbonyl (C=O) groups excluding carboxylic acids is 1. The third-order valence-corrected chi connectivity index (χ3v) is 4.49. The quantitative estimate of drug-likeness (QED) is 0.641.